The molecule has 2 fully saturated rings. The molecule has 3 rings (SSSR count). The summed E-state index contributed by atoms with van der Waals surface area (Å²) in [6.07, 6.45) is 2.65. The molecule has 0 spiro atoms. The first-order valence-corrected chi connectivity index (χ1v) is 11.7. The fourth-order valence-corrected chi connectivity index (χ4v) is 4.83. The minimum absolute atomic E-state index is 0.0944. The van der Waals surface area contributed by atoms with Gasteiger partial charge in [0.1, 0.15) is 5.75 Å². The lowest BCUT2D eigenvalue weighted by molar-refractivity contribution is 0.131. The van der Waals surface area contributed by atoms with Gasteiger partial charge in [-0.15, -0.1) is 0 Å². The predicted octanol–water partition coefficient (Wildman–Crippen LogP) is 4.62. The summed E-state index contributed by atoms with van der Waals surface area (Å²) in [5, 5.41) is 9.15. The number of benzene rings is 1. The smallest absolute Gasteiger partial charge is 0.320 e. The number of ether oxygens (including phenoxy) is 1. The highest BCUT2D eigenvalue weighted by Gasteiger charge is 2.32. The van der Waals surface area contributed by atoms with Crippen LogP contribution in [0.15, 0.2) is 24.3 Å². The molecule has 0 aromatic heterocycles. The summed E-state index contributed by atoms with van der Waals surface area (Å²) in [6.45, 7) is 14.2. The zero-order valence-corrected chi connectivity index (χ0v) is 19.6. The molecule has 0 unspecified atom stereocenters. The third-order valence-electron chi connectivity index (χ3n) is 6.23. The fraction of sp³-hybridized carbons (Fsp3) is 0.680. The monoisotopic (exact) mass is 426 g/mol. The quantitative estimate of drug-likeness (QED) is 0.705. The van der Waals surface area contributed by atoms with E-state index in [2.05, 4.69) is 48.8 Å². The number of nitrogens with zero attached hydrogens (tertiary/aromatic N) is 4. The summed E-state index contributed by atoms with van der Waals surface area (Å²) in [5.41, 5.74) is 1.39. The number of carbonyl (C=O) groups excluding carboxylic acids is 1. The number of carbonyl (C=O) groups is 1. The Morgan fingerprint density at radius 2 is 1.74 bits per heavy atom. The zero-order valence-electron chi connectivity index (χ0n) is 19.6. The van der Waals surface area contributed by atoms with Crippen molar-refractivity contribution in [1.82, 2.24) is 9.80 Å². The standard InChI is InChI=1S/C25H38N4O2/c1-5-31-23-8-6-22(7-9-23)28-14-15-29(19-21(18-28)16-25(2,3)4)24(30)27-12-10-20(17-26)11-13-27/h6-9,20-21H,5,10-16,18-19H2,1-4H3/t21-/m0/s1. The number of anilines is 1. The van der Waals surface area contributed by atoms with E-state index in [1.165, 1.54) is 5.69 Å². The van der Waals surface area contributed by atoms with Crippen LogP contribution in [0, 0.1) is 28.6 Å². The molecule has 1 aromatic carbocycles. The molecule has 0 N–H and O–H groups in total. The number of likely N-dealkylation sites (tertiary alicyclic amines) is 1. The van der Waals surface area contributed by atoms with Crippen LogP contribution < -0.4 is 9.64 Å². The minimum Gasteiger partial charge on any atom is -0.494 e. The summed E-state index contributed by atoms with van der Waals surface area (Å²) in [6, 6.07) is 10.8. The van der Waals surface area contributed by atoms with Gasteiger partial charge in [0.25, 0.3) is 0 Å². The molecule has 170 valence electrons. The minimum atomic E-state index is 0.0944. The molecule has 2 aliphatic rings. The Morgan fingerprint density at radius 3 is 2.32 bits per heavy atom. The molecule has 2 saturated heterocycles. The second-order valence-corrected chi connectivity index (χ2v) is 10.1. The van der Waals surface area contributed by atoms with E-state index in [0.717, 1.165) is 51.2 Å². The fourth-order valence-electron chi connectivity index (χ4n) is 4.83. The first-order chi connectivity index (χ1) is 14.8. The Hall–Kier alpha value is -2.42. The molecule has 1 aromatic rings. The number of nitriles is 1. The maximum atomic E-state index is 13.3. The number of hydrogen-bond donors (Lipinski definition) is 0. The van der Waals surface area contributed by atoms with Gasteiger partial charge in [0.05, 0.1) is 12.7 Å². The SMILES string of the molecule is CCOc1ccc(N2CCN(C(=O)N3CCC(C#N)CC3)C[C@@H](CC(C)(C)C)C2)cc1. The van der Waals surface area contributed by atoms with Crippen LogP contribution in [0.1, 0.15) is 47.0 Å². The van der Waals surface area contributed by atoms with Gasteiger partial charge in [-0.3, -0.25) is 0 Å². The molecule has 2 aliphatic heterocycles. The van der Waals surface area contributed by atoms with Crippen LogP contribution in [0.2, 0.25) is 0 Å². The van der Waals surface area contributed by atoms with E-state index < -0.39 is 0 Å². The first kappa shape index (κ1) is 23.2. The average Bonchev–Trinajstić information content (AvgIpc) is 2.95. The summed E-state index contributed by atoms with van der Waals surface area (Å²) in [4.78, 5) is 19.7. The second kappa shape index (κ2) is 10.3. The molecule has 2 heterocycles. The van der Waals surface area contributed by atoms with Gasteiger partial charge in [0.15, 0.2) is 0 Å². The van der Waals surface area contributed by atoms with Gasteiger partial charge in [-0.05, 0) is 61.8 Å². The lowest BCUT2D eigenvalue weighted by atomic mass is 9.84. The maximum Gasteiger partial charge on any atom is 0.320 e. The topological polar surface area (TPSA) is 59.8 Å². The Bertz CT molecular complexity index is 757. The van der Waals surface area contributed by atoms with Gasteiger partial charge >= 0.3 is 6.03 Å². The van der Waals surface area contributed by atoms with Gasteiger partial charge in [0.2, 0.25) is 0 Å². The molecular formula is C25H38N4O2. The van der Waals surface area contributed by atoms with E-state index in [1.54, 1.807) is 0 Å². The van der Waals surface area contributed by atoms with Crippen molar-refractivity contribution in [2.24, 2.45) is 17.3 Å². The number of rotatable bonds is 4. The molecular weight excluding hydrogens is 388 g/mol. The Kier molecular flexibility index (Phi) is 7.69. The molecule has 1 atom stereocenters. The number of hydrogen-bond acceptors (Lipinski definition) is 4. The van der Waals surface area contributed by atoms with Crippen molar-refractivity contribution in [2.45, 2.75) is 47.0 Å². The van der Waals surface area contributed by atoms with Crippen LogP contribution in [-0.4, -0.2) is 61.7 Å². The van der Waals surface area contributed by atoms with Crippen LogP contribution in [0.3, 0.4) is 0 Å². The summed E-state index contributed by atoms with van der Waals surface area (Å²) >= 11 is 0. The summed E-state index contributed by atoms with van der Waals surface area (Å²) < 4.78 is 5.59. The van der Waals surface area contributed by atoms with Crippen molar-refractivity contribution < 1.29 is 9.53 Å². The Balaban J connectivity index is 1.72. The van der Waals surface area contributed by atoms with Crippen LogP contribution >= 0.6 is 0 Å². The lowest BCUT2D eigenvalue weighted by Crippen LogP contribution is -2.48. The van der Waals surface area contributed by atoms with E-state index in [4.69, 9.17) is 10.00 Å². The molecule has 0 bridgehead atoms. The van der Waals surface area contributed by atoms with Crippen molar-refractivity contribution in [3.63, 3.8) is 0 Å². The highest BCUT2D eigenvalue weighted by molar-refractivity contribution is 5.74. The number of urea groups is 1. The van der Waals surface area contributed by atoms with Gasteiger partial charge in [-0.1, -0.05) is 20.8 Å². The van der Waals surface area contributed by atoms with Gasteiger partial charge in [-0.25, -0.2) is 4.79 Å². The maximum absolute atomic E-state index is 13.3. The van der Waals surface area contributed by atoms with E-state index >= 15 is 0 Å². The lowest BCUT2D eigenvalue weighted by Gasteiger charge is -2.35. The molecule has 31 heavy (non-hydrogen) atoms. The average molecular weight is 427 g/mol. The van der Waals surface area contributed by atoms with Crippen molar-refractivity contribution in [3.8, 4) is 11.8 Å². The van der Waals surface area contributed by atoms with Crippen LogP contribution in [0.4, 0.5) is 10.5 Å². The third-order valence-corrected chi connectivity index (χ3v) is 6.23. The number of amides is 2. The normalized spacial score (nSPS) is 20.9. The van der Waals surface area contributed by atoms with Gasteiger partial charge in [-0.2, -0.15) is 5.26 Å². The Labute approximate surface area is 187 Å². The summed E-state index contributed by atoms with van der Waals surface area (Å²) in [5.74, 6) is 1.40. The molecule has 0 aliphatic carbocycles. The molecule has 6 heteroatoms. The number of piperidine rings is 1. The highest BCUT2D eigenvalue weighted by atomic mass is 16.5. The predicted molar refractivity (Wildman–Crippen MR) is 124 cm³/mol. The van der Waals surface area contributed by atoms with Crippen molar-refractivity contribution in [3.05, 3.63) is 24.3 Å². The van der Waals surface area contributed by atoms with Crippen LogP contribution in [-0.2, 0) is 0 Å². The van der Waals surface area contributed by atoms with Gasteiger partial charge in [0, 0.05) is 50.9 Å². The Morgan fingerprint density at radius 1 is 1.06 bits per heavy atom. The summed E-state index contributed by atoms with van der Waals surface area (Å²) in [7, 11) is 0. The van der Waals surface area contributed by atoms with E-state index in [9.17, 15) is 4.79 Å². The molecule has 0 radical (unpaired) electrons. The molecule has 0 saturated carbocycles. The van der Waals surface area contributed by atoms with Crippen LogP contribution in [0.25, 0.3) is 0 Å². The van der Waals surface area contributed by atoms with Crippen LogP contribution in [0.5, 0.6) is 5.75 Å². The highest BCUT2D eigenvalue weighted by Crippen LogP contribution is 2.30. The van der Waals surface area contributed by atoms with E-state index in [0.29, 0.717) is 25.6 Å². The molecule has 6 nitrogen and oxygen atoms in total. The largest absolute Gasteiger partial charge is 0.494 e. The zero-order chi connectivity index (χ0) is 22.4. The van der Waals surface area contributed by atoms with Crippen molar-refractivity contribution in [1.29, 1.82) is 5.26 Å². The van der Waals surface area contributed by atoms with E-state index in [-0.39, 0.29) is 17.4 Å². The molecule has 2 amide bonds. The second-order valence-electron chi connectivity index (χ2n) is 10.1. The van der Waals surface area contributed by atoms with E-state index in [1.807, 2.05) is 24.0 Å². The van der Waals surface area contributed by atoms with Crippen molar-refractivity contribution in [2.75, 3.05) is 50.8 Å². The third kappa shape index (κ3) is 6.53. The first-order valence-electron chi connectivity index (χ1n) is 11.7. The van der Waals surface area contributed by atoms with Crippen molar-refractivity contribution >= 4 is 11.7 Å². The van der Waals surface area contributed by atoms with Gasteiger partial charge < -0.3 is 19.4 Å².